The van der Waals surface area contributed by atoms with Gasteiger partial charge in [-0.3, -0.25) is 0 Å². The van der Waals surface area contributed by atoms with E-state index in [0.29, 0.717) is 0 Å². The van der Waals surface area contributed by atoms with Crippen molar-refractivity contribution in [2.24, 2.45) is 0 Å². The molecule has 2 aliphatic rings. The monoisotopic (exact) mass is 258 g/mol. The first kappa shape index (κ1) is 12.3. The Morgan fingerprint density at radius 1 is 1.12 bits per heavy atom. The van der Waals surface area contributed by atoms with Crippen molar-refractivity contribution in [2.75, 3.05) is 13.1 Å². The first-order chi connectivity index (χ1) is 7.43. The summed E-state index contributed by atoms with van der Waals surface area (Å²) in [5.41, 5.74) is 1.39. The van der Waals surface area contributed by atoms with E-state index in [2.05, 4.69) is 10.7 Å². The predicted octanol–water partition coefficient (Wildman–Crippen LogP) is 3.30. The minimum absolute atomic E-state index is 0. The van der Waals surface area contributed by atoms with Gasteiger partial charge < -0.3 is 5.32 Å². The van der Waals surface area contributed by atoms with Crippen LogP contribution in [0.25, 0.3) is 0 Å². The fraction of sp³-hybridized carbons (Fsp3) is 0.750. The SMILES string of the molecule is Cl.c1sc(C2CCNCC2)nc1C1CCC1. The molecule has 4 heteroatoms. The zero-order chi connectivity index (χ0) is 10.1. The van der Waals surface area contributed by atoms with E-state index in [-0.39, 0.29) is 12.4 Å². The van der Waals surface area contributed by atoms with Gasteiger partial charge in [-0.15, -0.1) is 23.7 Å². The summed E-state index contributed by atoms with van der Waals surface area (Å²) in [5, 5.41) is 7.12. The van der Waals surface area contributed by atoms with Crippen molar-refractivity contribution in [1.82, 2.24) is 10.3 Å². The number of nitrogens with one attached hydrogen (secondary N) is 1. The van der Waals surface area contributed by atoms with Gasteiger partial charge in [0, 0.05) is 17.2 Å². The van der Waals surface area contributed by atoms with Gasteiger partial charge in [-0.05, 0) is 38.8 Å². The van der Waals surface area contributed by atoms with Crippen molar-refractivity contribution < 1.29 is 0 Å². The Balaban J connectivity index is 0.000000963. The summed E-state index contributed by atoms with van der Waals surface area (Å²) in [6, 6.07) is 0. The molecule has 2 nitrogen and oxygen atoms in total. The molecule has 1 aliphatic carbocycles. The fourth-order valence-electron chi connectivity index (χ4n) is 2.45. The van der Waals surface area contributed by atoms with E-state index < -0.39 is 0 Å². The third-order valence-corrected chi connectivity index (χ3v) is 4.78. The van der Waals surface area contributed by atoms with Gasteiger partial charge >= 0.3 is 0 Å². The van der Waals surface area contributed by atoms with E-state index in [1.165, 1.54) is 55.9 Å². The molecule has 0 spiro atoms. The molecule has 16 heavy (non-hydrogen) atoms. The molecule has 0 atom stereocenters. The van der Waals surface area contributed by atoms with Gasteiger partial charge in [0.25, 0.3) is 0 Å². The first-order valence-electron chi connectivity index (χ1n) is 6.09. The van der Waals surface area contributed by atoms with Crippen LogP contribution in [0, 0.1) is 0 Å². The van der Waals surface area contributed by atoms with Crippen molar-refractivity contribution >= 4 is 23.7 Å². The van der Waals surface area contributed by atoms with Crippen LogP contribution in [0.3, 0.4) is 0 Å². The van der Waals surface area contributed by atoms with Crippen LogP contribution in [-0.2, 0) is 0 Å². The van der Waals surface area contributed by atoms with Gasteiger partial charge in [0.05, 0.1) is 10.7 Å². The lowest BCUT2D eigenvalue weighted by atomic mass is 9.83. The van der Waals surface area contributed by atoms with E-state index in [1.807, 2.05) is 11.3 Å². The first-order valence-corrected chi connectivity index (χ1v) is 6.97. The summed E-state index contributed by atoms with van der Waals surface area (Å²) in [5.74, 6) is 1.54. The standard InChI is InChI=1S/C12H18N2S.ClH/c1-2-9(3-1)11-8-15-12(14-11)10-4-6-13-7-5-10;/h8-10,13H,1-7H2;1H. The van der Waals surface area contributed by atoms with Crippen LogP contribution in [0.1, 0.15) is 54.6 Å². The molecule has 1 N–H and O–H groups in total. The smallest absolute Gasteiger partial charge is 0.0960 e. The predicted molar refractivity (Wildman–Crippen MR) is 70.8 cm³/mol. The Labute approximate surface area is 107 Å². The lowest BCUT2D eigenvalue weighted by Crippen LogP contribution is -2.26. The molecule has 1 aliphatic heterocycles. The van der Waals surface area contributed by atoms with Gasteiger partial charge in [0.1, 0.15) is 0 Å². The summed E-state index contributed by atoms with van der Waals surface area (Å²) in [6.07, 6.45) is 6.70. The second-order valence-corrected chi connectivity index (χ2v) is 5.65. The number of hydrogen-bond donors (Lipinski definition) is 1. The molecule has 0 bridgehead atoms. The van der Waals surface area contributed by atoms with E-state index in [0.717, 1.165) is 11.8 Å². The average molecular weight is 259 g/mol. The highest BCUT2D eigenvalue weighted by molar-refractivity contribution is 7.09. The Morgan fingerprint density at radius 3 is 2.50 bits per heavy atom. The van der Waals surface area contributed by atoms with Crippen LogP contribution in [0.2, 0.25) is 0 Å². The van der Waals surface area contributed by atoms with E-state index in [9.17, 15) is 0 Å². The van der Waals surface area contributed by atoms with Crippen molar-refractivity contribution in [1.29, 1.82) is 0 Å². The highest BCUT2D eigenvalue weighted by Gasteiger charge is 2.24. The Hall–Kier alpha value is -0.120. The highest BCUT2D eigenvalue weighted by Crippen LogP contribution is 2.38. The van der Waals surface area contributed by atoms with Gasteiger partial charge in [-0.2, -0.15) is 0 Å². The van der Waals surface area contributed by atoms with Gasteiger partial charge in [0.15, 0.2) is 0 Å². The third kappa shape index (κ3) is 2.41. The molecule has 1 aromatic rings. The number of nitrogens with zero attached hydrogens (tertiary/aromatic N) is 1. The third-order valence-electron chi connectivity index (χ3n) is 3.75. The van der Waals surface area contributed by atoms with E-state index >= 15 is 0 Å². The summed E-state index contributed by atoms with van der Waals surface area (Å²) >= 11 is 1.89. The Kier molecular flexibility index (Phi) is 4.22. The van der Waals surface area contributed by atoms with Crippen LogP contribution in [-0.4, -0.2) is 18.1 Å². The fourth-order valence-corrected chi connectivity index (χ4v) is 3.52. The molecular weight excluding hydrogens is 240 g/mol. The summed E-state index contributed by atoms with van der Waals surface area (Å²) in [4.78, 5) is 4.85. The van der Waals surface area contributed by atoms with E-state index in [4.69, 9.17) is 4.98 Å². The average Bonchev–Trinajstić information content (AvgIpc) is 2.66. The number of rotatable bonds is 2. The van der Waals surface area contributed by atoms with Crippen LogP contribution in [0.4, 0.5) is 0 Å². The second-order valence-electron chi connectivity index (χ2n) is 4.76. The molecule has 1 saturated heterocycles. The normalized spacial score (nSPS) is 22.5. The van der Waals surface area contributed by atoms with Crippen molar-refractivity contribution in [3.63, 3.8) is 0 Å². The highest BCUT2D eigenvalue weighted by atomic mass is 35.5. The Bertz CT molecular complexity index is 330. The quantitative estimate of drug-likeness (QED) is 0.881. The number of halogens is 1. The topological polar surface area (TPSA) is 24.9 Å². The number of piperidine rings is 1. The summed E-state index contributed by atoms with van der Waals surface area (Å²) in [6.45, 7) is 2.34. The number of thiazole rings is 1. The summed E-state index contributed by atoms with van der Waals surface area (Å²) in [7, 11) is 0. The molecular formula is C12H19ClN2S. The second kappa shape index (κ2) is 5.48. The minimum Gasteiger partial charge on any atom is -0.317 e. The lowest BCUT2D eigenvalue weighted by Gasteiger charge is -2.23. The maximum absolute atomic E-state index is 4.85. The number of aromatic nitrogens is 1. The molecule has 3 rings (SSSR count). The maximum atomic E-state index is 4.85. The van der Waals surface area contributed by atoms with E-state index in [1.54, 1.807) is 0 Å². The van der Waals surface area contributed by atoms with Crippen molar-refractivity contribution in [3.8, 4) is 0 Å². The largest absolute Gasteiger partial charge is 0.317 e. The maximum Gasteiger partial charge on any atom is 0.0960 e. The zero-order valence-electron chi connectivity index (χ0n) is 9.45. The Morgan fingerprint density at radius 2 is 1.88 bits per heavy atom. The molecule has 2 heterocycles. The summed E-state index contributed by atoms with van der Waals surface area (Å²) < 4.78 is 0. The molecule has 1 aromatic heterocycles. The van der Waals surface area contributed by atoms with Gasteiger partial charge in [0.2, 0.25) is 0 Å². The molecule has 2 fully saturated rings. The van der Waals surface area contributed by atoms with Crippen molar-refractivity contribution in [2.45, 2.75) is 43.9 Å². The zero-order valence-corrected chi connectivity index (χ0v) is 11.1. The lowest BCUT2D eigenvalue weighted by molar-refractivity contribution is 0.409. The van der Waals surface area contributed by atoms with Crippen molar-refractivity contribution in [3.05, 3.63) is 16.1 Å². The molecule has 0 amide bonds. The van der Waals surface area contributed by atoms with Gasteiger partial charge in [-0.1, -0.05) is 6.42 Å². The van der Waals surface area contributed by atoms with Crippen LogP contribution >= 0.6 is 23.7 Å². The molecule has 90 valence electrons. The molecule has 0 unspecified atom stereocenters. The minimum atomic E-state index is 0. The van der Waals surface area contributed by atoms with Gasteiger partial charge in [-0.25, -0.2) is 4.98 Å². The number of hydrogen-bond acceptors (Lipinski definition) is 3. The molecule has 0 radical (unpaired) electrons. The van der Waals surface area contributed by atoms with Crippen LogP contribution in [0.15, 0.2) is 5.38 Å². The van der Waals surface area contributed by atoms with Crippen LogP contribution < -0.4 is 5.32 Å². The molecule has 0 aromatic carbocycles. The molecule has 1 saturated carbocycles. The van der Waals surface area contributed by atoms with Crippen LogP contribution in [0.5, 0.6) is 0 Å².